The first-order valence-electron chi connectivity index (χ1n) is 5.64. The summed E-state index contributed by atoms with van der Waals surface area (Å²) in [6, 6.07) is 3.30. The normalized spacial score (nSPS) is 10.0. The molecule has 0 unspecified atom stereocenters. The average Bonchev–Trinajstić information content (AvgIpc) is 2.38. The molecule has 0 aliphatic rings. The van der Waals surface area contributed by atoms with Crippen LogP contribution in [0.15, 0.2) is 12.1 Å². The monoisotopic (exact) mass is 238 g/mol. The molecule has 6 heteroatoms. The van der Waals surface area contributed by atoms with Gasteiger partial charge in [-0.1, -0.05) is 6.92 Å². The lowest BCUT2D eigenvalue weighted by molar-refractivity contribution is 0.0593. The molecule has 0 atom stereocenters. The number of esters is 1. The van der Waals surface area contributed by atoms with Gasteiger partial charge in [-0.25, -0.2) is 4.79 Å². The van der Waals surface area contributed by atoms with E-state index >= 15 is 0 Å². The Morgan fingerprint density at radius 2 is 2.18 bits per heavy atom. The SMILES string of the molecule is CCNCCCNc1ccc(C(=O)OC)nn1. The highest BCUT2D eigenvalue weighted by atomic mass is 16.5. The third kappa shape index (κ3) is 4.78. The molecule has 1 aromatic heterocycles. The summed E-state index contributed by atoms with van der Waals surface area (Å²) >= 11 is 0. The zero-order valence-corrected chi connectivity index (χ0v) is 10.2. The van der Waals surface area contributed by atoms with Crippen molar-refractivity contribution in [3.05, 3.63) is 17.8 Å². The molecule has 0 radical (unpaired) electrons. The number of nitrogens with zero attached hydrogens (tertiary/aromatic N) is 2. The Morgan fingerprint density at radius 1 is 1.35 bits per heavy atom. The third-order valence-corrected chi connectivity index (χ3v) is 2.15. The zero-order chi connectivity index (χ0) is 12.5. The average molecular weight is 238 g/mol. The molecule has 0 fully saturated rings. The van der Waals surface area contributed by atoms with Crippen molar-refractivity contribution in [3.63, 3.8) is 0 Å². The van der Waals surface area contributed by atoms with Gasteiger partial charge in [-0.3, -0.25) is 0 Å². The van der Waals surface area contributed by atoms with Gasteiger partial charge in [0.05, 0.1) is 7.11 Å². The molecule has 2 N–H and O–H groups in total. The number of nitrogens with one attached hydrogen (secondary N) is 2. The molecule has 0 saturated heterocycles. The van der Waals surface area contributed by atoms with Gasteiger partial charge in [-0.15, -0.1) is 10.2 Å². The van der Waals surface area contributed by atoms with E-state index in [1.165, 1.54) is 7.11 Å². The highest BCUT2D eigenvalue weighted by Crippen LogP contribution is 2.02. The van der Waals surface area contributed by atoms with Gasteiger partial charge >= 0.3 is 5.97 Å². The van der Waals surface area contributed by atoms with Crippen LogP contribution in [0.3, 0.4) is 0 Å². The lowest BCUT2D eigenvalue weighted by Crippen LogP contribution is -2.17. The Bertz CT molecular complexity index is 340. The minimum atomic E-state index is -0.476. The smallest absolute Gasteiger partial charge is 0.358 e. The van der Waals surface area contributed by atoms with E-state index in [0.717, 1.165) is 26.1 Å². The Balaban J connectivity index is 2.33. The number of hydrogen-bond donors (Lipinski definition) is 2. The predicted octanol–water partition coefficient (Wildman–Crippen LogP) is 0.675. The number of methoxy groups -OCH3 is 1. The van der Waals surface area contributed by atoms with Crippen LogP contribution in [0.5, 0.6) is 0 Å². The van der Waals surface area contributed by atoms with Crippen LogP contribution in [0.1, 0.15) is 23.8 Å². The Kier molecular flexibility index (Phi) is 5.95. The van der Waals surface area contributed by atoms with Gasteiger partial charge in [0.2, 0.25) is 0 Å². The molecule has 0 bridgehead atoms. The molecule has 1 rings (SSSR count). The second kappa shape index (κ2) is 7.56. The maximum atomic E-state index is 11.1. The molecule has 0 saturated carbocycles. The summed E-state index contributed by atoms with van der Waals surface area (Å²) in [5, 5.41) is 14.0. The molecule has 6 nitrogen and oxygen atoms in total. The topological polar surface area (TPSA) is 76.1 Å². The highest BCUT2D eigenvalue weighted by Gasteiger charge is 2.06. The van der Waals surface area contributed by atoms with Crippen LogP contribution in [0, 0.1) is 0 Å². The van der Waals surface area contributed by atoms with Crippen molar-refractivity contribution >= 4 is 11.8 Å². The maximum Gasteiger partial charge on any atom is 0.358 e. The molecule has 17 heavy (non-hydrogen) atoms. The third-order valence-electron chi connectivity index (χ3n) is 2.15. The first-order valence-corrected chi connectivity index (χ1v) is 5.64. The summed E-state index contributed by atoms with van der Waals surface area (Å²) in [4.78, 5) is 11.1. The molecular formula is C11H18N4O2. The molecule has 1 heterocycles. The molecule has 0 amide bonds. The van der Waals surface area contributed by atoms with Crippen molar-refractivity contribution < 1.29 is 9.53 Å². The quantitative estimate of drug-likeness (QED) is 0.537. The second-order valence-corrected chi connectivity index (χ2v) is 3.43. The van der Waals surface area contributed by atoms with E-state index in [4.69, 9.17) is 0 Å². The van der Waals surface area contributed by atoms with E-state index in [1.54, 1.807) is 12.1 Å². The van der Waals surface area contributed by atoms with Gasteiger partial charge in [0.1, 0.15) is 5.82 Å². The van der Waals surface area contributed by atoms with Crippen LogP contribution in [-0.2, 0) is 4.74 Å². The highest BCUT2D eigenvalue weighted by molar-refractivity contribution is 5.86. The van der Waals surface area contributed by atoms with E-state index < -0.39 is 5.97 Å². The van der Waals surface area contributed by atoms with Crippen molar-refractivity contribution in [3.8, 4) is 0 Å². The minimum Gasteiger partial charge on any atom is -0.464 e. The minimum absolute atomic E-state index is 0.214. The summed E-state index contributed by atoms with van der Waals surface area (Å²) in [7, 11) is 1.32. The molecular weight excluding hydrogens is 220 g/mol. The van der Waals surface area contributed by atoms with Gasteiger partial charge in [-0.05, 0) is 31.6 Å². The standard InChI is InChI=1S/C11H18N4O2/c1-3-12-7-4-8-13-10-6-5-9(14-15-10)11(16)17-2/h5-6,12H,3-4,7-8H2,1-2H3,(H,13,15). The number of aromatic nitrogens is 2. The number of carbonyl (C=O) groups is 1. The summed E-state index contributed by atoms with van der Waals surface area (Å²) < 4.78 is 4.53. The summed E-state index contributed by atoms with van der Waals surface area (Å²) in [6.45, 7) is 4.84. The summed E-state index contributed by atoms with van der Waals surface area (Å²) in [6.07, 6.45) is 1.01. The Labute approximate surface area is 101 Å². The Morgan fingerprint density at radius 3 is 2.76 bits per heavy atom. The van der Waals surface area contributed by atoms with E-state index in [9.17, 15) is 4.79 Å². The van der Waals surface area contributed by atoms with Crippen molar-refractivity contribution in [1.29, 1.82) is 0 Å². The van der Waals surface area contributed by atoms with Crippen LogP contribution in [0.2, 0.25) is 0 Å². The van der Waals surface area contributed by atoms with E-state index in [2.05, 4.69) is 32.5 Å². The van der Waals surface area contributed by atoms with Gasteiger partial charge < -0.3 is 15.4 Å². The van der Waals surface area contributed by atoms with Gasteiger partial charge in [-0.2, -0.15) is 0 Å². The van der Waals surface area contributed by atoms with Crippen LogP contribution in [0.4, 0.5) is 5.82 Å². The fourth-order valence-corrected chi connectivity index (χ4v) is 1.25. The molecule has 94 valence electrons. The number of ether oxygens (including phenoxy) is 1. The lowest BCUT2D eigenvalue weighted by atomic mass is 10.3. The van der Waals surface area contributed by atoms with Crippen LogP contribution < -0.4 is 10.6 Å². The van der Waals surface area contributed by atoms with Crippen molar-refractivity contribution in [1.82, 2.24) is 15.5 Å². The number of anilines is 1. The Hall–Kier alpha value is -1.69. The molecule has 0 aliphatic carbocycles. The maximum absolute atomic E-state index is 11.1. The van der Waals surface area contributed by atoms with Gasteiger partial charge in [0.25, 0.3) is 0 Å². The van der Waals surface area contributed by atoms with E-state index in [1.807, 2.05) is 0 Å². The number of hydrogen-bond acceptors (Lipinski definition) is 6. The molecule has 0 aromatic carbocycles. The number of rotatable bonds is 7. The first-order chi connectivity index (χ1) is 8.27. The van der Waals surface area contributed by atoms with Crippen molar-refractivity contribution in [2.24, 2.45) is 0 Å². The fourth-order valence-electron chi connectivity index (χ4n) is 1.25. The summed E-state index contributed by atoms with van der Waals surface area (Å²) in [5.41, 5.74) is 0.214. The molecule has 0 spiro atoms. The van der Waals surface area contributed by atoms with Crippen LogP contribution >= 0.6 is 0 Å². The van der Waals surface area contributed by atoms with Crippen LogP contribution in [0.25, 0.3) is 0 Å². The predicted molar refractivity (Wildman–Crippen MR) is 65.0 cm³/mol. The van der Waals surface area contributed by atoms with Crippen LogP contribution in [-0.4, -0.2) is 42.9 Å². The summed E-state index contributed by atoms with van der Waals surface area (Å²) in [5.74, 6) is 0.186. The fraction of sp³-hybridized carbons (Fsp3) is 0.545. The number of carbonyl (C=O) groups excluding carboxylic acids is 1. The molecule has 1 aromatic rings. The largest absolute Gasteiger partial charge is 0.464 e. The van der Waals surface area contributed by atoms with E-state index in [-0.39, 0.29) is 5.69 Å². The molecule has 0 aliphatic heterocycles. The van der Waals surface area contributed by atoms with Gasteiger partial charge in [0.15, 0.2) is 5.69 Å². The second-order valence-electron chi connectivity index (χ2n) is 3.43. The van der Waals surface area contributed by atoms with Gasteiger partial charge in [0, 0.05) is 6.54 Å². The zero-order valence-electron chi connectivity index (χ0n) is 10.2. The van der Waals surface area contributed by atoms with E-state index in [0.29, 0.717) is 5.82 Å². The first kappa shape index (κ1) is 13.4. The lowest BCUT2D eigenvalue weighted by Gasteiger charge is -2.05. The van der Waals surface area contributed by atoms with Crippen molar-refractivity contribution in [2.75, 3.05) is 32.1 Å². The van der Waals surface area contributed by atoms with Crippen molar-refractivity contribution in [2.45, 2.75) is 13.3 Å².